The van der Waals surface area contributed by atoms with E-state index in [0.717, 1.165) is 24.0 Å². The number of ketones is 1. The first-order valence-corrected chi connectivity index (χ1v) is 9.95. The van der Waals surface area contributed by atoms with E-state index in [0.29, 0.717) is 17.3 Å². The molecular weight excluding hydrogens is 390 g/mol. The highest BCUT2D eigenvalue weighted by Crippen LogP contribution is 2.41. The fourth-order valence-electron chi connectivity index (χ4n) is 3.64. The van der Waals surface area contributed by atoms with Gasteiger partial charge in [-0.05, 0) is 37.1 Å². The number of unbranched alkanes of at least 4 members (excludes halogenated alkanes) is 1. The molecule has 1 saturated heterocycles. The molecule has 2 aromatic carbocycles. The zero-order chi connectivity index (χ0) is 21.1. The first kappa shape index (κ1) is 20.9. The van der Waals surface area contributed by atoms with Crippen molar-refractivity contribution in [3.8, 4) is 5.75 Å². The molecule has 5 nitrogen and oxygen atoms in total. The summed E-state index contributed by atoms with van der Waals surface area (Å²) in [6, 6.07) is 11.7. The van der Waals surface area contributed by atoms with Gasteiger partial charge in [0.15, 0.2) is 0 Å². The Balaban J connectivity index is 2.23. The third-order valence-corrected chi connectivity index (χ3v) is 5.30. The van der Waals surface area contributed by atoms with Crippen LogP contribution in [0.5, 0.6) is 5.75 Å². The predicted octanol–water partition coefficient (Wildman–Crippen LogP) is 4.88. The standard InChI is InChI=1S/C23H24ClNO4/c1-4-5-11-25-20(15-8-6-7-14(2)12-15)19(22(27)23(25)28)21(26)17-13-16(24)9-10-18(17)29-3/h6-10,12-13,20,26H,4-5,11H2,1-3H3/b21-19+. The average Bonchev–Trinajstić information content (AvgIpc) is 2.96. The third kappa shape index (κ3) is 4.01. The van der Waals surface area contributed by atoms with Crippen LogP contribution < -0.4 is 4.74 Å². The molecule has 1 N–H and O–H groups in total. The number of ether oxygens (including phenoxy) is 1. The van der Waals surface area contributed by atoms with Crippen LogP contribution in [0, 0.1) is 6.92 Å². The smallest absolute Gasteiger partial charge is 0.295 e. The second-order valence-electron chi connectivity index (χ2n) is 7.10. The van der Waals surface area contributed by atoms with E-state index in [1.165, 1.54) is 13.2 Å². The summed E-state index contributed by atoms with van der Waals surface area (Å²) in [5.41, 5.74) is 2.12. The molecule has 3 rings (SSSR count). The number of likely N-dealkylation sites (tertiary alicyclic amines) is 1. The van der Waals surface area contributed by atoms with Gasteiger partial charge < -0.3 is 14.7 Å². The Bertz CT molecular complexity index is 983. The molecule has 152 valence electrons. The van der Waals surface area contributed by atoms with Gasteiger partial charge >= 0.3 is 0 Å². The highest BCUT2D eigenvalue weighted by molar-refractivity contribution is 6.46. The molecule has 0 saturated carbocycles. The summed E-state index contributed by atoms with van der Waals surface area (Å²) < 4.78 is 5.33. The van der Waals surface area contributed by atoms with Crippen LogP contribution in [0.3, 0.4) is 0 Å². The van der Waals surface area contributed by atoms with Crippen LogP contribution in [-0.2, 0) is 9.59 Å². The number of halogens is 1. The molecule has 1 amide bonds. The molecule has 6 heteroatoms. The van der Waals surface area contributed by atoms with Gasteiger partial charge in [-0.3, -0.25) is 9.59 Å². The lowest BCUT2D eigenvalue weighted by Gasteiger charge is -2.25. The van der Waals surface area contributed by atoms with Crippen LogP contribution in [0.2, 0.25) is 5.02 Å². The van der Waals surface area contributed by atoms with Crippen molar-refractivity contribution in [2.45, 2.75) is 32.7 Å². The Morgan fingerprint density at radius 1 is 1.21 bits per heavy atom. The lowest BCUT2D eigenvalue weighted by Crippen LogP contribution is -2.30. The number of aryl methyl sites for hydroxylation is 1. The predicted molar refractivity (Wildman–Crippen MR) is 113 cm³/mol. The van der Waals surface area contributed by atoms with Crippen molar-refractivity contribution in [2.24, 2.45) is 0 Å². The summed E-state index contributed by atoms with van der Waals surface area (Å²) in [5, 5.41) is 11.5. The van der Waals surface area contributed by atoms with Gasteiger partial charge in [0.1, 0.15) is 11.5 Å². The van der Waals surface area contributed by atoms with Crippen molar-refractivity contribution in [2.75, 3.05) is 13.7 Å². The molecule has 1 unspecified atom stereocenters. The van der Waals surface area contributed by atoms with Gasteiger partial charge in [-0.25, -0.2) is 0 Å². The number of aliphatic hydroxyl groups excluding tert-OH is 1. The molecule has 0 bridgehead atoms. The molecule has 0 aliphatic carbocycles. The number of amides is 1. The Labute approximate surface area is 175 Å². The molecular formula is C23H24ClNO4. The van der Waals surface area contributed by atoms with Gasteiger partial charge in [-0.2, -0.15) is 0 Å². The molecule has 1 aliphatic heterocycles. The van der Waals surface area contributed by atoms with Crippen LogP contribution in [0.1, 0.15) is 42.5 Å². The first-order chi connectivity index (χ1) is 13.9. The van der Waals surface area contributed by atoms with Crippen molar-refractivity contribution in [1.82, 2.24) is 4.90 Å². The molecule has 2 aromatic rings. The van der Waals surface area contributed by atoms with E-state index in [1.807, 2.05) is 38.1 Å². The minimum absolute atomic E-state index is 0.0530. The van der Waals surface area contributed by atoms with E-state index >= 15 is 0 Å². The van der Waals surface area contributed by atoms with Crippen molar-refractivity contribution < 1.29 is 19.4 Å². The van der Waals surface area contributed by atoms with Gasteiger partial charge in [-0.1, -0.05) is 54.8 Å². The number of methoxy groups -OCH3 is 1. The Morgan fingerprint density at radius 3 is 2.62 bits per heavy atom. The van der Waals surface area contributed by atoms with Crippen LogP contribution >= 0.6 is 11.6 Å². The largest absolute Gasteiger partial charge is 0.507 e. The van der Waals surface area contributed by atoms with Crippen LogP contribution in [-0.4, -0.2) is 35.4 Å². The summed E-state index contributed by atoms with van der Waals surface area (Å²) in [6.45, 7) is 4.40. The minimum Gasteiger partial charge on any atom is -0.507 e. The molecule has 29 heavy (non-hydrogen) atoms. The van der Waals surface area contributed by atoms with Crippen molar-refractivity contribution >= 4 is 29.1 Å². The summed E-state index contributed by atoms with van der Waals surface area (Å²) in [4.78, 5) is 27.3. The van der Waals surface area contributed by atoms with Gasteiger partial charge in [0.25, 0.3) is 11.7 Å². The maximum atomic E-state index is 13.0. The van der Waals surface area contributed by atoms with Crippen molar-refractivity contribution in [1.29, 1.82) is 0 Å². The Hall–Kier alpha value is -2.79. The van der Waals surface area contributed by atoms with Crippen molar-refractivity contribution in [3.63, 3.8) is 0 Å². The second-order valence-corrected chi connectivity index (χ2v) is 7.54. The zero-order valence-corrected chi connectivity index (χ0v) is 17.5. The molecule has 0 spiro atoms. The molecule has 1 aliphatic rings. The Morgan fingerprint density at radius 2 is 1.97 bits per heavy atom. The van der Waals surface area contributed by atoms with E-state index in [9.17, 15) is 14.7 Å². The molecule has 1 fully saturated rings. The number of aliphatic hydroxyl groups is 1. The third-order valence-electron chi connectivity index (χ3n) is 5.07. The average molecular weight is 414 g/mol. The molecule has 0 radical (unpaired) electrons. The summed E-state index contributed by atoms with van der Waals surface area (Å²) in [6.07, 6.45) is 1.64. The van der Waals surface area contributed by atoms with E-state index in [1.54, 1.807) is 17.0 Å². The number of Topliss-reactive ketones (excluding diaryl/α,β-unsaturated/α-hetero) is 1. The van der Waals surface area contributed by atoms with E-state index in [2.05, 4.69) is 0 Å². The maximum absolute atomic E-state index is 13.0. The minimum atomic E-state index is -0.702. The van der Waals surface area contributed by atoms with Gasteiger partial charge in [-0.15, -0.1) is 0 Å². The number of nitrogens with zero attached hydrogens (tertiary/aromatic N) is 1. The number of hydrogen-bond donors (Lipinski definition) is 1. The van der Waals surface area contributed by atoms with E-state index in [4.69, 9.17) is 16.3 Å². The number of carbonyl (C=O) groups excluding carboxylic acids is 2. The zero-order valence-electron chi connectivity index (χ0n) is 16.7. The normalized spacial score (nSPS) is 18.3. The summed E-state index contributed by atoms with van der Waals surface area (Å²) in [7, 11) is 1.47. The van der Waals surface area contributed by atoms with Crippen LogP contribution in [0.15, 0.2) is 48.0 Å². The molecule has 1 heterocycles. The van der Waals surface area contributed by atoms with Gasteiger partial charge in [0, 0.05) is 11.6 Å². The van der Waals surface area contributed by atoms with Gasteiger partial charge in [0.05, 0.1) is 24.3 Å². The fourth-order valence-corrected chi connectivity index (χ4v) is 3.81. The highest BCUT2D eigenvalue weighted by Gasteiger charge is 2.46. The molecule has 1 atom stereocenters. The van der Waals surface area contributed by atoms with Crippen LogP contribution in [0.4, 0.5) is 0 Å². The maximum Gasteiger partial charge on any atom is 0.295 e. The van der Waals surface area contributed by atoms with Crippen molar-refractivity contribution in [3.05, 3.63) is 69.8 Å². The lowest BCUT2D eigenvalue weighted by atomic mass is 9.94. The molecule has 0 aromatic heterocycles. The monoisotopic (exact) mass is 413 g/mol. The highest BCUT2D eigenvalue weighted by atomic mass is 35.5. The van der Waals surface area contributed by atoms with E-state index in [-0.39, 0.29) is 16.9 Å². The number of benzene rings is 2. The number of rotatable bonds is 6. The number of carbonyl (C=O) groups is 2. The van der Waals surface area contributed by atoms with E-state index < -0.39 is 17.7 Å². The van der Waals surface area contributed by atoms with Crippen LogP contribution in [0.25, 0.3) is 5.76 Å². The van der Waals surface area contributed by atoms with Gasteiger partial charge in [0.2, 0.25) is 0 Å². The topological polar surface area (TPSA) is 66.8 Å². The summed E-state index contributed by atoms with van der Waals surface area (Å²) >= 11 is 6.11. The first-order valence-electron chi connectivity index (χ1n) is 9.58. The quantitative estimate of drug-likeness (QED) is 0.416. The second kappa shape index (κ2) is 8.70. The SMILES string of the molecule is CCCCN1C(=O)C(=O)/C(=C(/O)c2cc(Cl)ccc2OC)C1c1cccc(C)c1. The summed E-state index contributed by atoms with van der Waals surface area (Å²) in [5.74, 6) is -1.22. The lowest BCUT2D eigenvalue weighted by molar-refractivity contribution is -0.139. The number of hydrogen-bond acceptors (Lipinski definition) is 4. The fraction of sp³-hybridized carbons (Fsp3) is 0.304. The Kier molecular flexibility index (Phi) is 6.28.